The van der Waals surface area contributed by atoms with Crippen LogP contribution in [0.4, 0.5) is 13.2 Å². The van der Waals surface area contributed by atoms with Crippen molar-refractivity contribution < 1.29 is 17.9 Å². The Bertz CT molecular complexity index is 1590. The first-order valence-corrected chi connectivity index (χ1v) is 14.9. The summed E-state index contributed by atoms with van der Waals surface area (Å²) < 4.78 is 42.9. The number of aromatic amines is 1. The Morgan fingerprint density at radius 2 is 1.57 bits per heavy atom. The number of rotatable bonds is 7. The smallest absolute Gasteiger partial charge is 0.406 e. The molecule has 4 aromatic rings. The van der Waals surface area contributed by atoms with Crippen LogP contribution in [0.15, 0.2) is 59.5 Å². The second kappa shape index (κ2) is 13.6. The van der Waals surface area contributed by atoms with E-state index in [-0.39, 0.29) is 34.4 Å². The highest BCUT2D eigenvalue weighted by Gasteiger charge is 2.31. The highest BCUT2D eigenvalue weighted by molar-refractivity contribution is 5.76. The van der Waals surface area contributed by atoms with Gasteiger partial charge in [0.1, 0.15) is 11.4 Å². The molecule has 0 aliphatic heterocycles. The van der Waals surface area contributed by atoms with E-state index in [2.05, 4.69) is 41.5 Å². The van der Waals surface area contributed by atoms with Gasteiger partial charge < -0.3 is 21.2 Å². The summed E-state index contributed by atoms with van der Waals surface area (Å²) in [4.78, 5) is 19.7. The monoisotopic (exact) mass is 613 g/mol. The van der Waals surface area contributed by atoms with E-state index in [0.717, 1.165) is 46.3 Å². The van der Waals surface area contributed by atoms with E-state index in [4.69, 9.17) is 11.5 Å². The number of hydrogen-bond acceptors (Lipinski definition) is 5. The van der Waals surface area contributed by atoms with Crippen molar-refractivity contribution in [1.29, 1.82) is 0 Å². The van der Waals surface area contributed by atoms with E-state index < -0.39 is 6.36 Å². The Morgan fingerprint density at radius 3 is 2.09 bits per heavy atom. The fourth-order valence-corrected chi connectivity index (χ4v) is 4.58. The average molecular weight is 614 g/mol. The predicted octanol–water partition coefficient (Wildman–Crippen LogP) is 7.58. The lowest BCUT2D eigenvalue weighted by Crippen LogP contribution is -2.20. The van der Waals surface area contributed by atoms with Gasteiger partial charge in [0, 0.05) is 34.8 Å². The Hall–Kier alpha value is -3.63. The largest absolute Gasteiger partial charge is 0.573 e. The van der Waals surface area contributed by atoms with Crippen LogP contribution in [-0.2, 0) is 17.3 Å². The van der Waals surface area contributed by atoms with Crippen LogP contribution in [0, 0.1) is 0 Å². The number of aromatic nitrogens is 3. The van der Waals surface area contributed by atoms with Gasteiger partial charge in [0.15, 0.2) is 0 Å². The van der Waals surface area contributed by atoms with Crippen LogP contribution in [0.25, 0.3) is 16.7 Å². The van der Waals surface area contributed by atoms with E-state index >= 15 is 0 Å². The second-order valence-corrected chi connectivity index (χ2v) is 13.5. The Labute approximate surface area is 257 Å². The molecule has 2 aromatic heterocycles. The van der Waals surface area contributed by atoms with Gasteiger partial charge in [0.25, 0.3) is 0 Å². The SMILES string of the molecule is C[C@H](N)CCCc1cc(OC(F)(F)F)cc(C(C)(C)C)c1.C[C@H](N)c1ccc(-n2cc3cc(C(C)(C)C)[nH]c3nc2=O)cc1. The average Bonchev–Trinajstić information content (AvgIpc) is 3.30. The number of fused-ring (bicyclic) bond motifs is 1. The van der Waals surface area contributed by atoms with Crippen molar-refractivity contribution in [3.63, 3.8) is 0 Å². The van der Waals surface area contributed by atoms with Gasteiger partial charge in [-0.3, -0.25) is 4.57 Å². The summed E-state index contributed by atoms with van der Waals surface area (Å²) in [7, 11) is 0. The minimum Gasteiger partial charge on any atom is -0.406 e. The van der Waals surface area contributed by atoms with Crippen molar-refractivity contribution in [3.8, 4) is 11.4 Å². The van der Waals surface area contributed by atoms with Crippen molar-refractivity contribution in [2.75, 3.05) is 0 Å². The summed E-state index contributed by atoms with van der Waals surface area (Å²) in [6, 6.07) is 14.7. The number of benzene rings is 2. The van der Waals surface area contributed by atoms with E-state index in [0.29, 0.717) is 12.1 Å². The molecule has 5 N–H and O–H groups in total. The summed E-state index contributed by atoms with van der Waals surface area (Å²) in [5.74, 6) is -0.147. The summed E-state index contributed by atoms with van der Waals surface area (Å²) >= 11 is 0. The third-order valence-corrected chi connectivity index (χ3v) is 7.20. The van der Waals surface area contributed by atoms with Gasteiger partial charge in [0.05, 0.1) is 5.69 Å². The molecule has 0 saturated carbocycles. The number of nitrogens with zero attached hydrogens (tertiary/aromatic N) is 2. The van der Waals surface area contributed by atoms with Gasteiger partial charge in [-0.15, -0.1) is 13.2 Å². The van der Waals surface area contributed by atoms with E-state index in [1.807, 2.05) is 71.1 Å². The molecule has 0 radical (unpaired) electrons. The van der Waals surface area contributed by atoms with Gasteiger partial charge >= 0.3 is 12.1 Å². The molecule has 2 heterocycles. The first-order valence-electron chi connectivity index (χ1n) is 14.9. The summed E-state index contributed by atoms with van der Waals surface area (Å²) in [6.45, 7) is 16.1. The number of hydrogen-bond donors (Lipinski definition) is 3. The molecule has 0 aliphatic carbocycles. The maximum absolute atomic E-state index is 12.4. The van der Waals surface area contributed by atoms with Crippen molar-refractivity contribution >= 4 is 11.0 Å². The molecule has 240 valence electrons. The molecular weight excluding hydrogens is 567 g/mol. The zero-order valence-corrected chi connectivity index (χ0v) is 27.0. The fourth-order valence-electron chi connectivity index (χ4n) is 4.58. The van der Waals surface area contributed by atoms with E-state index in [1.54, 1.807) is 4.57 Å². The van der Waals surface area contributed by atoms with Crippen LogP contribution in [0.2, 0.25) is 0 Å². The zero-order valence-electron chi connectivity index (χ0n) is 27.0. The van der Waals surface area contributed by atoms with Crippen LogP contribution < -0.4 is 21.9 Å². The van der Waals surface area contributed by atoms with Gasteiger partial charge in [-0.2, -0.15) is 4.98 Å². The maximum atomic E-state index is 12.4. The summed E-state index contributed by atoms with van der Waals surface area (Å²) in [6.07, 6.45) is -0.456. The van der Waals surface area contributed by atoms with Crippen LogP contribution in [0.1, 0.15) is 96.7 Å². The van der Waals surface area contributed by atoms with Crippen LogP contribution in [-0.4, -0.2) is 26.9 Å². The normalized spacial score (nSPS) is 13.8. The van der Waals surface area contributed by atoms with E-state index in [9.17, 15) is 18.0 Å². The van der Waals surface area contributed by atoms with Crippen molar-refractivity contribution in [3.05, 3.63) is 87.6 Å². The van der Waals surface area contributed by atoms with Crippen LogP contribution >= 0.6 is 0 Å². The maximum Gasteiger partial charge on any atom is 0.573 e. The first kappa shape index (κ1) is 34.9. The van der Waals surface area contributed by atoms with Crippen molar-refractivity contribution in [2.45, 2.75) is 104 Å². The fraction of sp³-hybridized carbons (Fsp3) is 0.471. The van der Waals surface area contributed by atoms with Gasteiger partial charge in [-0.25, -0.2) is 4.79 Å². The first-order chi connectivity index (χ1) is 20.2. The molecule has 4 rings (SSSR count). The third-order valence-electron chi connectivity index (χ3n) is 7.20. The Balaban J connectivity index is 0.000000242. The molecule has 7 nitrogen and oxygen atoms in total. The number of nitrogens with two attached hydrogens (primary N) is 2. The number of H-pyrrole nitrogens is 1. The zero-order chi connectivity index (χ0) is 33.0. The molecule has 2 aromatic carbocycles. The second-order valence-electron chi connectivity index (χ2n) is 13.5. The minimum atomic E-state index is -4.67. The molecule has 2 atom stereocenters. The molecule has 10 heteroatoms. The summed E-state index contributed by atoms with van der Waals surface area (Å²) in [5, 5.41) is 0.922. The van der Waals surface area contributed by atoms with E-state index in [1.165, 1.54) is 12.1 Å². The lowest BCUT2D eigenvalue weighted by Gasteiger charge is -2.22. The molecule has 0 bridgehead atoms. The molecular formula is C34H46F3N5O2. The Morgan fingerprint density at radius 1 is 0.932 bits per heavy atom. The molecule has 0 unspecified atom stereocenters. The molecule has 0 saturated heterocycles. The highest BCUT2D eigenvalue weighted by atomic mass is 19.4. The van der Waals surface area contributed by atoms with Crippen LogP contribution in [0.5, 0.6) is 5.75 Å². The highest BCUT2D eigenvalue weighted by Crippen LogP contribution is 2.31. The van der Waals surface area contributed by atoms with Crippen molar-refractivity contribution in [2.24, 2.45) is 11.5 Å². The molecule has 0 spiro atoms. The topological polar surface area (TPSA) is 112 Å². The molecule has 0 fully saturated rings. The number of halogens is 3. The molecule has 0 amide bonds. The number of ether oxygens (including phenoxy) is 1. The minimum absolute atomic E-state index is 0.0203. The van der Waals surface area contributed by atoms with Crippen molar-refractivity contribution in [1.82, 2.24) is 14.5 Å². The predicted molar refractivity (Wildman–Crippen MR) is 171 cm³/mol. The van der Waals surface area contributed by atoms with Gasteiger partial charge in [-0.1, -0.05) is 59.7 Å². The van der Waals surface area contributed by atoms with Crippen LogP contribution in [0.3, 0.4) is 0 Å². The number of nitrogens with one attached hydrogen (secondary N) is 1. The van der Waals surface area contributed by atoms with Gasteiger partial charge in [0.2, 0.25) is 0 Å². The molecule has 0 aliphatic rings. The quantitative estimate of drug-likeness (QED) is 0.199. The number of alkyl halides is 3. The lowest BCUT2D eigenvalue weighted by atomic mass is 9.85. The third kappa shape index (κ3) is 9.95. The molecule has 44 heavy (non-hydrogen) atoms. The number of aryl methyl sites for hydroxylation is 1. The Kier molecular flexibility index (Phi) is 10.7. The summed E-state index contributed by atoms with van der Waals surface area (Å²) in [5.41, 5.74) is 16.2. The lowest BCUT2D eigenvalue weighted by molar-refractivity contribution is -0.274. The van der Waals surface area contributed by atoms with Gasteiger partial charge in [-0.05, 0) is 85.5 Å². The standard InChI is InChI=1S/C18H22N4O.C16H24F3NO/c1-11(19)12-5-7-14(8-6-12)22-10-13-9-15(18(2,3)4)20-16(13)21-17(22)23;1-11(20)6-5-7-12-8-13(15(2,3)4)10-14(9-12)21-16(17,18)19/h5-11H,19H2,1-4H3,(H,20,21,23);8-11H,5-7,20H2,1-4H3/t2*11-/m00/s1.